The first-order chi connectivity index (χ1) is 13.4. The molecule has 2 rings (SSSR count). The summed E-state index contributed by atoms with van der Waals surface area (Å²) in [6.07, 6.45) is -4.65. The predicted molar refractivity (Wildman–Crippen MR) is 105 cm³/mol. The molecule has 1 atom stereocenters. The van der Waals surface area contributed by atoms with Gasteiger partial charge in [0.15, 0.2) is 0 Å². The number of anilines is 1. The molecule has 0 saturated heterocycles. The maximum absolute atomic E-state index is 13.1. The van der Waals surface area contributed by atoms with Crippen LogP contribution in [0.3, 0.4) is 0 Å². The van der Waals surface area contributed by atoms with E-state index in [1.54, 1.807) is 13.0 Å². The van der Waals surface area contributed by atoms with Gasteiger partial charge >= 0.3 is 6.18 Å². The van der Waals surface area contributed by atoms with Crippen LogP contribution in [0.2, 0.25) is 0 Å². The number of halogens is 3. The first-order valence-corrected chi connectivity index (χ1v) is 10.4. The van der Waals surface area contributed by atoms with E-state index in [2.05, 4.69) is 5.32 Å². The van der Waals surface area contributed by atoms with E-state index in [0.717, 1.165) is 18.2 Å². The van der Waals surface area contributed by atoms with Crippen molar-refractivity contribution in [3.05, 3.63) is 60.2 Å². The Morgan fingerprint density at radius 1 is 1.03 bits per heavy atom. The standard InChI is InChI=1S/C20H23F3N2O3S/c1-14(2)15(3)24-19(26)13-25(29(27,28)18-10-5-4-6-11-18)17-9-7-8-16(12-17)20(21,22)23/h4-12,14-15H,13H2,1-3H3,(H,24,26)/t15-/m1/s1. The Bertz CT molecular complexity index is 945. The smallest absolute Gasteiger partial charge is 0.352 e. The third-order valence-electron chi connectivity index (χ3n) is 4.47. The van der Waals surface area contributed by atoms with E-state index in [1.165, 1.54) is 30.3 Å². The SMILES string of the molecule is CC(C)[C@@H](C)NC(=O)CN(c1cccc(C(F)(F)F)c1)S(=O)(=O)c1ccccc1. The minimum atomic E-state index is -4.65. The van der Waals surface area contributed by atoms with Crippen molar-refractivity contribution in [1.29, 1.82) is 0 Å². The summed E-state index contributed by atoms with van der Waals surface area (Å²) in [5.41, 5.74) is -1.24. The van der Waals surface area contributed by atoms with Crippen molar-refractivity contribution in [2.75, 3.05) is 10.8 Å². The highest BCUT2D eigenvalue weighted by Crippen LogP contribution is 2.33. The molecular formula is C20H23F3N2O3S. The minimum absolute atomic E-state index is 0.103. The lowest BCUT2D eigenvalue weighted by Gasteiger charge is -2.26. The fourth-order valence-corrected chi connectivity index (χ4v) is 3.90. The third-order valence-corrected chi connectivity index (χ3v) is 6.26. The van der Waals surface area contributed by atoms with Crippen LogP contribution in [0.5, 0.6) is 0 Å². The van der Waals surface area contributed by atoms with Gasteiger partial charge in [0.25, 0.3) is 10.0 Å². The summed E-state index contributed by atoms with van der Waals surface area (Å²) in [5.74, 6) is -0.505. The van der Waals surface area contributed by atoms with Crippen LogP contribution in [0.15, 0.2) is 59.5 Å². The van der Waals surface area contributed by atoms with Gasteiger partial charge in [-0.25, -0.2) is 8.42 Å². The summed E-state index contributed by atoms with van der Waals surface area (Å²) in [6, 6.07) is 10.9. The molecule has 0 aliphatic rings. The number of rotatable bonds is 7. The van der Waals surface area contributed by atoms with Crippen LogP contribution >= 0.6 is 0 Å². The van der Waals surface area contributed by atoms with E-state index in [0.29, 0.717) is 4.31 Å². The molecule has 1 amide bonds. The molecule has 0 bridgehead atoms. The maximum atomic E-state index is 13.1. The Morgan fingerprint density at radius 2 is 1.66 bits per heavy atom. The van der Waals surface area contributed by atoms with Crippen LogP contribution in [0.4, 0.5) is 18.9 Å². The summed E-state index contributed by atoms with van der Waals surface area (Å²) in [7, 11) is -4.26. The number of amides is 1. The molecule has 0 aromatic heterocycles. The zero-order chi connectivity index (χ0) is 21.8. The number of benzene rings is 2. The number of carbonyl (C=O) groups excluding carboxylic acids is 1. The number of nitrogens with one attached hydrogen (secondary N) is 1. The van der Waals surface area contributed by atoms with Gasteiger partial charge < -0.3 is 5.32 Å². The van der Waals surface area contributed by atoms with E-state index in [1.807, 2.05) is 13.8 Å². The van der Waals surface area contributed by atoms with Gasteiger partial charge in [0.05, 0.1) is 16.1 Å². The third kappa shape index (κ3) is 5.72. The molecule has 2 aromatic rings. The van der Waals surface area contributed by atoms with Gasteiger partial charge in [0.2, 0.25) is 5.91 Å². The molecule has 158 valence electrons. The first kappa shape index (κ1) is 22.7. The van der Waals surface area contributed by atoms with Gasteiger partial charge in [-0.2, -0.15) is 13.2 Å². The van der Waals surface area contributed by atoms with Gasteiger partial charge in [-0.05, 0) is 43.2 Å². The fourth-order valence-electron chi connectivity index (χ4n) is 2.47. The van der Waals surface area contributed by atoms with Crippen molar-refractivity contribution in [2.24, 2.45) is 5.92 Å². The van der Waals surface area contributed by atoms with Gasteiger partial charge in [0.1, 0.15) is 6.54 Å². The quantitative estimate of drug-likeness (QED) is 0.723. The van der Waals surface area contributed by atoms with Gasteiger partial charge in [-0.15, -0.1) is 0 Å². The molecule has 0 unspecified atom stereocenters. The predicted octanol–water partition coefficient (Wildman–Crippen LogP) is 4.06. The second-order valence-corrected chi connectivity index (χ2v) is 8.84. The van der Waals surface area contributed by atoms with Crippen molar-refractivity contribution in [3.8, 4) is 0 Å². The summed E-state index contributed by atoms with van der Waals surface area (Å²) in [4.78, 5) is 12.3. The normalized spacial score (nSPS) is 13.2. The van der Waals surface area contributed by atoms with Gasteiger partial charge in [-0.1, -0.05) is 38.1 Å². The zero-order valence-electron chi connectivity index (χ0n) is 16.3. The molecule has 0 fully saturated rings. The molecule has 1 N–H and O–H groups in total. The highest BCUT2D eigenvalue weighted by molar-refractivity contribution is 7.92. The Kier molecular flexibility index (Phi) is 6.94. The number of hydrogen-bond donors (Lipinski definition) is 1. The summed E-state index contributed by atoms with van der Waals surface area (Å²) >= 11 is 0. The average Bonchev–Trinajstić information content (AvgIpc) is 2.66. The highest BCUT2D eigenvalue weighted by atomic mass is 32.2. The molecule has 5 nitrogen and oxygen atoms in total. The lowest BCUT2D eigenvalue weighted by Crippen LogP contribution is -2.45. The second kappa shape index (κ2) is 8.86. The average molecular weight is 428 g/mol. The van der Waals surface area contributed by atoms with E-state index in [4.69, 9.17) is 0 Å². The van der Waals surface area contributed by atoms with E-state index >= 15 is 0 Å². The molecule has 29 heavy (non-hydrogen) atoms. The van der Waals surface area contributed by atoms with E-state index < -0.39 is 34.2 Å². The Labute approximate surface area is 168 Å². The lowest BCUT2D eigenvalue weighted by molar-refractivity contribution is -0.137. The largest absolute Gasteiger partial charge is 0.416 e. The first-order valence-electron chi connectivity index (χ1n) is 8.97. The van der Waals surface area contributed by atoms with Crippen molar-refractivity contribution in [3.63, 3.8) is 0 Å². The molecule has 0 radical (unpaired) electrons. The monoisotopic (exact) mass is 428 g/mol. The number of carbonyl (C=O) groups is 1. The Balaban J connectivity index is 2.48. The molecular weight excluding hydrogens is 405 g/mol. The number of nitrogens with zero attached hydrogens (tertiary/aromatic N) is 1. The molecule has 0 heterocycles. The van der Waals surface area contributed by atoms with E-state index in [-0.39, 0.29) is 22.5 Å². The molecule has 0 spiro atoms. The van der Waals surface area contributed by atoms with Gasteiger partial charge in [-0.3, -0.25) is 9.10 Å². The van der Waals surface area contributed by atoms with Crippen LogP contribution in [0.1, 0.15) is 26.3 Å². The molecule has 0 saturated carbocycles. The minimum Gasteiger partial charge on any atom is -0.352 e. The van der Waals surface area contributed by atoms with Crippen LogP contribution in [0.25, 0.3) is 0 Å². The maximum Gasteiger partial charge on any atom is 0.416 e. The molecule has 9 heteroatoms. The molecule has 2 aromatic carbocycles. The van der Waals surface area contributed by atoms with Crippen molar-refractivity contribution >= 4 is 21.6 Å². The summed E-state index contributed by atoms with van der Waals surface area (Å²) < 4.78 is 66.3. The summed E-state index contributed by atoms with van der Waals surface area (Å²) in [5, 5.41) is 2.68. The Morgan fingerprint density at radius 3 is 2.21 bits per heavy atom. The van der Waals surface area contributed by atoms with Crippen molar-refractivity contribution < 1.29 is 26.4 Å². The number of alkyl halides is 3. The van der Waals surface area contributed by atoms with E-state index in [9.17, 15) is 26.4 Å². The summed E-state index contributed by atoms with van der Waals surface area (Å²) in [6.45, 7) is 4.89. The second-order valence-electron chi connectivity index (χ2n) is 6.97. The van der Waals surface area contributed by atoms with Crippen LogP contribution in [-0.4, -0.2) is 26.9 Å². The Hall–Kier alpha value is -2.55. The molecule has 0 aliphatic carbocycles. The van der Waals surface area contributed by atoms with Crippen molar-refractivity contribution in [1.82, 2.24) is 5.32 Å². The number of hydrogen-bond acceptors (Lipinski definition) is 3. The zero-order valence-corrected chi connectivity index (χ0v) is 17.1. The number of sulfonamides is 1. The van der Waals surface area contributed by atoms with Crippen molar-refractivity contribution in [2.45, 2.75) is 37.9 Å². The van der Waals surface area contributed by atoms with Crippen LogP contribution < -0.4 is 9.62 Å². The fraction of sp³-hybridized carbons (Fsp3) is 0.350. The molecule has 0 aliphatic heterocycles. The van der Waals surface area contributed by atoms with Crippen LogP contribution in [-0.2, 0) is 21.0 Å². The van der Waals surface area contributed by atoms with Gasteiger partial charge in [0, 0.05) is 6.04 Å². The lowest BCUT2D eigenvalue weighted by atomic mass is 10.1. The topological polar surface area (TPSA) is 66.5 Å². The highest BCUT2D eigenvalue weighted by Gasteiger charge is 2.33. The van der Waals surface area contributed by atoms with Crippen LogP contribution in [0, 0.1) is 5.92 Å².